The highest BCUT2D eigenvalue weighted by Crippen LogP contribution is 2.30. The third-order valence-electron chi connectivity index (χ3n) is 2.24. The summed E-state index contributed by atoms with van der Waals surface area (Å²) < 4.78 is 5.51. The molecule has 1 saturated heterocycles. The first-order valence-electron chi connectivity index (χ1n) is 4.03. The molecule has 1 rings (SSSR count). The van der Waals surface area contributed by atoms with E-state index in [9.17, 15) is 0 Å². The molecule has 1 fully saturated rings. The van der Waals surface area contributed by atoms with Crippen LogP contribution in [0, 0.1) is 12.3 Å². The van der Waals surface area contributed by atoms with E-state index in [4.69, 9.17) is 16.3 Å². The van der Waals surface area contributed by atoms with Crippen LogP contribution >= 0.6 is 0 Å². The van der Waals surface area contributed by atoms with E-state index in [1.54, 1.807) is 0 Å². The van der Waals surface area contributed by atoms with Crippen molar-refractivity contribution in [2.24, 2.45) is 0 Å². The Balaban J connectivity index is 2.57. The summed E-state index contributed by atoms with van der Waals surface area (Å²) in [4.78, 5) is 0. The lowest BCUT2D eigenvalue weighted by atomic mass is 10.0. The van der Waals surface area contributed by atoms with Crippen LogP contribution in [-0.2, 0) is 4.74 Å². The van der Waals surface area contributed by atoms with E-state index in [-0.39, 0.29) is 12.7 Å². The van der Waals surface area contributed by atoms with Gasteiger partial charge in [0.25, 0.3) is 0 Å². The minimum atomic E-state index is -0.666. The Hall–Kier alpha value is -0.520. The van der Waals surface area contributed by atoms with Gasteiger partial charge in [-0.15, -0.1) is 6.42 Å². The fourth-order valence-electron chi connectivity index (χ4n) is 1.39. The van der Waals surface area contributed by atoms with Crippen LogP contribution in [0.3, 0.4) is 0 Å². The molecular weight excluding hydrogens is 140 g/mol. The van der Waals surface area contributed by atoms with Gasteiger partial charge < -0.3 is 9.84 Å². The summed E-state index contributed by atoms with van der Waals surface area (Å²) >= 11 is 0. The second-order valence-corrected chi connectivity index (χ2v) is 2.98. The first-order valence-corrected chi connectivity index (χ1v) is 4.03. The molecule has 1 unspecified atom stereocenters. The van der Waals surface area contributed by atoms with Gasteiger partial charge in [0.2, 0.25) is 0 Å². The molecule has 0 aromatic carbocycles. The predicted octanol–water partition coefficient (Wildman–Crippen LogP) is 0.940. The van der Waals surface area contributed by atoms with E-state index in [0.29, 0.717) is 0 Å². The molecule has 2 heteroatoms. The van der Waals surface area contributed by atoms with Crippen LogP contribution in [0.15, 0.2) is 0 Å². The van der Waals surface area contributed by atoms with Crippen molar-refractivity contribution in [2.45, 2.75) is 37.9 Å². The van der Waals surface area contributed by atoms with Gasteiger partial charge in [-0.2, -0.15) is 0 Å². The topological polar surface area (TPSA) is 29.5 Å². The molecule has 0 spiro atoms. The average molecular weight is 154 g/mol. The molecule has 2 atom stereocenters. The molecule has 0 aromatic rings. The van der Waals surface area contributed by atoms with E-state index >= 15 is 0 Å². The van der Waals surface area contributed by atoms with Gasteiger partial charge in [-0.3, -0.25) is 0 Å². The second kappa shape index (κ2) is 3.25. The maximum Gasteiger partial charge on any atom is 0.151 e. The first-order chi connectivity index (χ1) is 5.26. The number of ether oxygens (including phenoxy) is 1. The van der Waals surface area contributed by atoms with Crippen LogP contribution < -0.4 is 0 Å². The number of rotatable bonds is 2. The standard InChI is InChI=1S/C9H14O2/c1-3-8-5-6-9(4-2,7-10)11-8/h2,8,10H,3,5-7H2,1H3/t8?,9-/m0/s1. The van der Waals surface area contributed by atoms with Gasteiger partial charge in [-0.1, -0.05) is 12.8 Å². The highest BCUT2D eigenvalue weighted by molar-refractivity contribution is 5.11. The molecule has 0 radical (unpaired) electrons. The lowest BCUT2D eigenvalue weighted by Crippen LogP contribution is -2.31. The number of hydrogen-bond donors (Lipinski definition) is 1. The van der Waals surface area contributed by atoms with E-state index in [1.165, 1.54) is 0 Å². The maximum atomic E-state index is 8.96. The van der Waals surface area contributed by atoms with Crippen molar-refractivity contribution in [2.75, 3.05) is 6.61 Å². The minimum Gasteiger partial charge on any atom is -0.392 e. The first kappa shape index (κ1) is 8.58. The quantitative estimate of drug-likeness (QED) is 0.600. The van der Waals surface area contributed by atoms with Crippen molar-refractivity contribution in [1.29, 1.82) is 0 Å². The Kier molecular flexibility index (Phi) is 2.53. The van der Waals surface area contributed by atoms with Crippen molar-refractivity contribution < 1.29 is 9.84 Å². The van der Waals surface area contributed by atoms with E-state index in [0.717, 1.165) is 19.3 Å². The van der Waals surface area contributed by atoms with Crippen molar-refractivity contribution >= 4 is 0 Å². The minimum absolute atomic E-state index is 0.0556. The Morgan fingerprint density at radius 2 is 2.55 bits per heavy atom. The monoisotopic (exact) mass is 154 g/mol. The molecule has 0 bridgehead atoms. The molecule has 1 heterocycles. The highest BCUT2D eigenvalue weighted by Gasteiger charge is 2.37. The normalized spacial score (nSPS) is 37.0. The summed E-state index contributed by atoms with van der Waals surface area (Å²) in [6.07, 6.45) is 8.25. The zero-order chi connectivity index (χ0) is 8.32. The van der Waals surface area contributed by atoms with Gasteiger partial charge in [-0.05, 0) is 19.3 Å². The highest BCUT2D eigenvalue weighted by atomic mass is 16.5. The molecule has 0 amide bonds. The van der Waals surface area contributed by atoms with Crippen LogP contribution in [0.4, 0.5) is 0 Å². The Bertz CT molecular complexity index is 171. The lowest BCUT2D eigenvalue weighted by molar-refractivity contribution is -0.0350. The Morgan fingerprint density at radius 3 is 2.82 bits per heavy atom. The fourth-order valence-corrected chi connectivity index (χ4v) is 1.39. The van der Waals surface area contributed by atoms with Crippen molar-refractivity contribution in [3.8, 4) is 12.3 Å². The summed E-state index contributed by atoms with van der Waals surface area (Å²) in [5, 5.41) is 8.96. The predicted molar refractivity (Wildman–Crippen MR) is 43.0 cm³/mol. The summed E-state index contributed by atoms with van der Waals surface area (Å²) in [6, 6.07) is 0. The smallest absolute Gasteiger partial charge is 0.151 e. The Labute approximate surface area is 67.6 Å². The summed E-state index contributed by atoms with van der Waals surface area (Å²) in [5.41, 5.74) is -0.666. The second-order valence-electron chi connectivity index (χ2n) is 2.98. The molecule has 62 valence electrons. The molecule has 0 saturated carbocycles. The third kappa shape index (κ3) is 1.55. The number of terminal acetylenes is 1. The van der Waals surface area contributed by atoms with Gasteiger partial charge in [0.05, 0.1) is 12.7 Å². The van der Waals surface area contributed by atoms with Crippen LogP contribution in [0.25, 0.3) is 0 Å². The SMILES string of the molecule is C#C[C@@]1(CO)CCC(CC)O1. The number of hydrogen-bond acceptors (Lipinski definition) is 2. The molecule has 2 nitrogen and oxygen atoms in total. The lowest BCUT2D eigenvalue weighted by Gasteiger charge is -2.20. The maximum absolute atomic E-state index is 8.96. The van der Waals surface area contributed by atoms with Crippen LogP contribution in [0.5, 0.6) is 0 Å². The van der Waals surface area contributed by atoms with Gasteiger partial charge in [0.15, 0.2) is 5.60 Å². The molecular formula is C9H14O2. The van der Waals surface area contributed by atoms with Gasteiger partial charge in [0, 0.05) is 0 Å². The molecule has 1 aliphatic heterocycles. The van der Waals surface area contributed by atoms with Gasteiger partial charge in [0.1, 0.15) is 0 Å². The fraction of sp³-hybridized carbons (Fsp3) is 0.778. The van der Waals surface area contributed by atoms with Crippen molar-refractivity contribution in [1.82, 2.24) is 0 Å². The summed E-state index contributed by atoms with van der Waals surface area (Å²) in [5.74, 6) is 2.52. The molecule has 1 aliphatic rings. The van der Waals surface area contributed by atoms with E-state index < -0.39 is 5.60 Å². The van der Waals surface area contributed by atoms with Gasteiger partial charge in [-0.25, -0.2) is 0 Å². The van der Waals surface area contributed by atoms with E-state index in [1.807, 2.05) is 0 Å². The molecule has 11 heavy (non-hydrogen) atoms. The number of aliphatic hydroxyl groups excluding tert-OH is 1. The van der Waals surface area contributed by atoms with Crippen LogP contribution in [0.1, 0.15) is 26.2 Å². The Morgan fingerprint density at radius 1 is 1.82 bits per heavy atom. The summed E-state index contributed by atoms with van der Waals surface area (Å²) in [7, 11) is 0. The van der Waals surface area contributed by atoms with E-state index in [2.05, 4.69) is 12.8 Å². The molecule has 1 N–H and O–H groups in total. The summed E-state index contributed by atoms with van der Waals surface area (Å²) in [6.45, 7) is 2.01. The van der Waals surface area contributed by atoms with Crippen molar-refractivity contribution in [3.05, 3.63) is 0 Å². The van der Waals surface area contributed by atoms with Crippen LogP contribution in [-0.4, -0.2) is 23.4 Å². The number of aliphatic hydroxyl groups is 1. The molecule has 0 aliphatic carbocycles. The van der Waals surface area contributed by atoms with Gasteiger partial charge >= 0.3 is 0 Å². The zero-order valence-electron chi connectivity index (χ0n) is 6.84. The third-order valence-corrected chi connectivity index (χ3v) is 2.24. The average Bonchev–Trinajstić information content (AvgIpc) is 2.49. The molecule has 0 aromatic heterocycles. The zero-order valence-corrected chi connectivity index (χ0v) is 6.84. The van der Waals surface area contributed by atoms with Crippen LogP contribution in [0.2, 0.25) is 0 Å². The largest absolute Gasteiger partial charge is 0.392 e. The van der Waals surface area contributed by atoms with Crippen molar-refractivity contribution in [3.63, 3.8) is 0 Å².